The molecule has 0 radical (unpaired) electrons. The average Bonchev–Trinajstić information content (AvgIpc) is 2.38. The topological polar surface area (TPSA) is 43.1 Å². The fourth-order valence-corrected chi connectivity index (χ4v) is 3.60. The van der Waals surface area contributed by atoms with Crippen molar-refractivity contribution in [3.8, 4) is 0 Å². The van der Waals surface area contributed by atoms with Crippen LogP contribution in [0.4, 0.5) is 0 Å². The van der Waals surface area contributed by atoms with Gasteiger partial charge in [0.15, 0.2) is 5.78 Å². The van der Waals surface area contributed by atoms with Crippen LogP contribution in [0.5, 0.6) is 0 Å². The second-order valence-electron chi connectivity index (χ2n) is 6.47. The minimum Gasteiger partial charge on any atom is -0.318 e. The maximum absolute atomic E-state index is 12.9. The molecule has 2 rings (SSSR count). The summed E-state index contributed by atoms with van der Waals surface area (Å²) in [5, 5.41) is 0. The Morgan fingerprint density at radius 2 is 1.89 bits per heavy atom. The van der Waals surface area contributed by atoms with Gasteiger partial charge in [-0.1, -0.05) is 57.5 Å². The van der Waals surface area contributed by atoms with Gasteiger partial charge in [-0.15, -0.1) is 0 Å². The van der Waals surface area contributed by atoms with E-state index in [2.05, 4.69) is 20.8 Å². The van der Waals surface area contributed by atoms with E-state index in [-0.39, 0.29) is 11.7 Å². The third-order valence-electron chi connectivity index (χ3n) is 4.58. The van der Waals surface area contributed by atoms with E-state index >= 15 is 0 Å². The second-order valence-corrected chi connectivity index (χ2v) is 6.47. The van der Waals surface area contributed by atoms with Gasteiger partial charge < -0.3 is 5.73 Å². The highest BCUT2D eigenvalue weighted by Crippen LogP contribution is 2.41. The first kappa shape index (κ1) is 14.3. The van der Waals surface area contributed by atoms with Crippen LogP contribution in [-0.4, -0.2) is 11.3 Å². The summed E-state index contributed by atoms with van der Waals surface area (Å²) in [6, 6.07) is 9.52. The average molecular weight is 259 g/mol. The standard InChI is InChI=1S/C17H25NO/c1-12(2)15-10-9-13(3)11-17(15,18)16(19)14-7-5-4-6-8-14/h4-8,12-13,15H,9-11,18H2,1-3H3. The highest BCUT2D eigenvalue weighted by molar-refractivity contribution is 6.03. The molecule has 0 amide bonds. The minimum absolute atomic E-state index is 0.123. The molecule has 1 fully saturated rings. The van der Waals surface area contributed by atoms with E-state index in [0.29, 0.717) is 11.8 Å². The molecular weight excluding hydrogens is 234 g/mol. The molecule has 0 aliphatic heterocycles. The fraction of sp³-hybridized carbons (Fsp3) is 0.588. The Morgan fingerprint density at radius 3 is 2.47 bits per heavy atom. The number of Topliss-reactive ketones (excluding diaryl/α,β-unsaturated/α-hetero) is 1. The summed E-state index contributed by atoms with van der Waals surface area (Å²) < 4.78 is 0. The van der Waals surface area contributed by atoms with Crippen LogP contribution in [0.2, 0.25) is 0 Å². The number of carbonyl (C=O) groups is 1. The van der Waals surface area contributed by atoms with Crippen molar-refractivity contribution >= 4 is 5.78 Å². The maximum atomic E-state index is 12.9. The number of benzene rings is 1. The normalized spacial score (nSPS) is 31.4. The minimum atomic E-state index is -0.687. The molecule has 2 nitrogen and oxygen atoms in total. The Morgan fingerprint density at radius 1 is 1.26 bits per heavy atom. The first-order valence-corrected chi connectivity index (χ1v) is 7.34. The summed E-state index contributed by atoms with van der Waals surface area (Å²) in [6.45, 7) is 6.57. The lowest BCUT2D eigenvalue weighted by molar-refractivity contribution is 0.0622. The Labute approximate surface area is 116 Å². The van der Waals surface area contributed by atoms with Crippen molar-refractivity contribution < 1.29 is 4.79 Å². The highest BCUT2D eigenvalue weighted by atomic mass is 16.1. The third kappa shape index (κ3) is 2.74. The van der Waals surface area contributed by atoms with Gasteiger partial charge in [-0.2, -0.15) is 0 Å². The lowest BCUT2D eigenvalue weighted by Crippen LogP contribution is -2.58. The molecule has 2 heteroatoms. The molecule has 0 heterocycles. The van der Waals surface area contributed by atoms with Gasteiger partial charge in [0.05, 0.1) is 5.54 Å². The van der Waals surface area contributed by atoms with E-state index in [0.717, 1.165) is 18.4 Å². The molecule has 0 saturated heterocycles. The summed E-state index contributed by atoms with van der Waals surface area (Å²) >= 11 is 0. The maximum Gasteiger partial charge on any atom is 0.182 e. The molecule has 1 saturated carbocycles. The van der Waals surface area contributed by atoms with Gasteiger partial charge in [0.25, 0.3) is 0 Å². The van der Waals surface area contributed by atoms with E-state index in [1.807, 2.05) is 30.3 Å². The molecule has 0 aromatic heterocycles. The highest BCUT2D eigenvalue weighted by Gasteiger charge is 2.46. The summed E-state index contributed by atoms with van der Waals surface area (Å²) in [6.07, 6.45) is 3.06. The predicted molar refractivity (Wildman–Crippen MR) is 79.0 cm³/mol. The van der Waals surface area contributed by atoms with Gasteiger partial charge in [0, 0.05) is 5.56 Å². The quantitative estimate of drug-likeness (QED) is 0.842. The van der Waals surface area contributed by atoms with Crippen LogP contribution in [-0.2, 0) is 0 Å². The van der Waals surface area contributed by atoms with Crippen LogP contribution in [0.25, 0.3) is 0 Å². The van der Waals surface area contributed by atoms with E-state index in [1.165, 1.54) is 6.42 Å². The number of ketones is 1. The fourth-order valence-electron chi connectivity index (χ4n) is 3.60. The number of carbonyl (C=O) groups excluding carboxylic acids is 1. The smallest absolute Gasteiger partial charge is 0.182 e. The van der Waals surface area contributed by atoms with Crippen LogP contribution < -0.4 is 5.73 Å². The van der Waals surface area contributed by atoms with Crippen molar-refractivity contribution in [1.29, 1.82) is 0 Å². The van der Waals surface area contributed by atoms with E-state index in [1.54, 1.807) is 0 Å². The third-order valence-corrected chi connectivity index (χ3v) is 4.58. The zero-order chi connectivity index (χ0) is 14.0. The molecule has 19 heavy (non-hydrogen) atoms. The molecule has 1 aliphatic carbocycles. The monoisotopic (exact) mass is 259 g/mol. The van der Waals surface area contributed by atoms with Gasteiger partial charge in [-0.3, -0.25) is 4.79 Å². The zero-order valence-corrected chi connectivity index (χ0v) is 12.2. The predicted octanol–water partition coefficient (Wildman–Crippen LogP) is 3.66. The molecule has 3 unspecified atom stereocenters. The summed E-state index contributed by atoms with van der Waals surface area (Å²) in [7, 11) is 0. The number of hydrogen-bond acceptors (Lipinski definition) is 2. The first-order valence-electron chi connectivity index (χ1n) is 7.34. The molecule has 2 N–H and O–H groups in total. The summed E-state index contributed by atoms with van der Waals surface area (Å²) in [4.78, 5) is 12.9. The molecule has 3 atom stereocenters. The lowest BCUT2D eigenvalue weighted by Gasteiger charge is -2.44. The molecular formula is C17H25NO. The van der Waals surface area contributed by atoms with Crippen molar-refractivity contribution in [2.75, 3.05) is 0 Å². The van der Waals surface area contributed by atoms with Gasteiger partial charge in [-0.25, -0.2) is 0 Å². The molecule has 104 valence electrons. The van der Waals surface area contributed by atoms with Crippen LogP contribution in [0.1, 0.15) is 50.4 Å². The number of rotatable bonds is 3. The zero-order valence-electron chi connectivity index (χ0n) is 12.2. The van der Waals surface area contributed by atoms with E-state index in [4.69, 9.17) is 5.73 Å². The number of nitrogens with two attached hydrogens (primary N) is 1. The largest absolute Gasteiger partial charge is 0.318 e. The summed E-state index contributed by atoms with van der Waals surface area (Å²) in [5.41, 5.74) is 6.69. The van der Waals surface area contributed by atoms with Gasteiger partial charge in [0.1, 0.15) is 0 Å². The van der Waals surface area contributed by atoms with Crippen LogP contribution >= 0.6 is 0 Å². The molecule has 1 aliphatic rings. The van der Waals surface area contributed by atoms with Gasteiger partial charge in [0.2, 0.25) is 0 Å². The molecule has 1 aromatic rings. The summed E-state index contributed by atoms with van der Waals surface area (Å²) in [5.74, 6) is 1.40. The van der Waals surface area contributed by atoms with Crippen molar-refractivity contribution in [1.82, 2.24) is 0 Å². The van der Waals surface area contributed by atoms with Crippen LogP contribution in [0.3, 0.4) is 0 Å². The van der Waals surface area contributed by atoms with Crippen molar-refractivity contribution in [3.05, 3.63) is 35.9 Å². The molecule has 0 spiro atoms. The van der Waals surface area contributed by atoms with Crippen LogP contribution in [0.15, 0.2) is 30.3 Å². The van der Waals surface area contributed by atoms with E-state index < -0.39 is 5.54 Å². The van der Waals surface area contributed by atoms with Crippen LogP contribution in [0, 0.1) is 17.8 Å². The Bertz CT molecular complexity index is 440. The Balaban J connectivity index is 2.34. The second kappa shape index (κ2) is 5.46. The molecule has 0 bridgehead atoms. The molecule has 1 aromatic carbocycles. The van der Waals surface area contributed by atoms with E-state index in [9.17, 15) is 4.79 Å². The number of hydrogen-bond donors (Lipinski definition) is 1. The van der Waals surface area contributed by atoms with Gasteiger partial charge in [-0.05, 0) is 30.6 Å². The lowest BCUT2D eigenvalue weighted by atomic mass is 9.63. The first-order chi connectivity index (χ1) is 8.95. The Hall–Kier alpha value is -1.15. The van der Waals surface area contributed by atoms with Crippen molar-refractivity contribution in [2.24, 2.45) is 23.5 Å². The van der Waals surface area contributed by atoms with Crippen molar-refractivity contribution in [3.63, 3.8) is 0 Å². The Kier molecular flexibility index (Phi) is 4.10. The van der Waals surface area contributed by atoms with Gasteiger partial charge >= 0.3 is 0 Å². The SMILES string of the molecule is CC1CCC(C(C)C)C(N)(C(=O)c2ccccc2)C1. The van der Waals surface area contributed by atoms with Crippen molar-refractivity contribution in [2.45, 2.75) is 45.6 Å².